The van der Waals surface area contributed by atoms with Gasteiger partial charge in [-0.15, -0.1) is 0 Å². The van der Waals surface area contributed by atoms with Gasteiger partial charge >= 0.3 is 0 Å². The first-order chi connectivity index (χ1) is 11.6. The molecule has 3 rings (SSSR count). The summed E-state index contributed by atoms with van der Waals surface area (Å²) in [5.74, 6) is 0.0520. The number of benzene rings is 1. The summed E-state index contributed by atoms with van der Waals surface area (Å²) in [6, 6.07) is 11.1. The zero-order valence-corrected chi connectivity index (χ0v) is 13.8. The van der Waals surface area contributed by atoms with Crippen molar-refractivity contribution in [3.8, 4) is 0 Å². The van der Waals surface area contributed by atoms with Crippen LogP contribution in [0.1, 0.15) is 29.7 Å². The van der Waals surface area contributed by atoms with E-state index in [4.69, 9.17) is 4.42 Å². The first-order valence-electron chi connectivity index (χ1n) is 7.92. The summed E-state index contributed by atoms with van der Waals surface area (Å²) >= 11 is 0. The van der Waals surface area contributed by atoms with Crippen LogP contribution in [0.15, 0.2) is 47.1 Å². The van der Waals surface area contributed by atoms with Crippen molar-refractivity contribution in [2.75, 3.05) is 26.0 Å². The molecule has 2 heterocycles. The highest BCUT2D eigenvalue weighted by Crippen LogP contribution is 2.32. The summed E-state index contributed by atoms with van der Waals surface area (Å²) in [5.41, 5.74) is 1.57. The minimum atomic E-state index is -0.464. The summed E-state index contributed by atoms with van der Waals surface area (Å²) in [4.78, 5) is 26.5. The summed E-state index contributed by atoms with van der Waals surface area (Å²) in [5, 5.41) is 5.77. The normalized spacial score (nSPS) is 18.0. The molecule has 0 aliphatic carbocycles. The van der Waals surface area contributed by atoms with Crippen LogP contribution in [-0.4, -0.2) is 37.4 Å². The molecule has 2 N–H and O–H groups in total. The first-order valence-corrected chi connectivity index (χ1v) is 7.92. The zero-order valence-electron chi connectivity index (χ0n) is 13.8. The number of nitrogens with zero attached hydrogens (tertiary/aromatic N) is 1. The van der Waals surface area contributed by atoms with Crippen molar-refractivity contribution in [2.24, 2.45) is 0 Å². The second-order valence-electron chi connectivity index (χ2n) is 6.13. The van der Waals surface area contributed by atoms with Gasteiger partial charge in [0.1, 0.15) is 5.76 Å². The van der Waals surface area contributed by atoms with E-state index in [1.807, 2.05) is 55.4 Å². The van der Waals surface area contributed by atoms with E-state index in [1.54, 1.807) is 6.26 Å². The number of hydrogen-bond donors (Lipinski definition) is 2. The SMILES string of the molecule is CN(C)[C@@H](CNC(=O)[C@H]1CC(=O)Nc2ccccc21)c1ccco1. The van der Waals surface area contributed by atoms with Crippen LogP contribution < -0.4 is 10.6 Å². The number of carbonyl (C=O) groups is 2. The van der Waals surface area contributed by atoms with Crippen molar-refractivity contribution in [1.29, 1.82) is 0 Å². The molecule has 1 aliphatic rings. The monoisotopic (exact) mass is 327 g/mol. The van der Waals surface area contributed by atoms with E-state index in [9.17, 15) is 9.59 Å². The van der Waals surface area contributed by atoms with E-state index < -0.39 is 5.92 Å². The Hall–Kier alpha value is -2.60. The lowest BCUT2D eigenvalue weighted by Crippen LogP contribution is -2.39. The molecular formula is C18H21N3O3. The molecule has 0 spiro atoms. The number of rotatable bonds is 5. The molecule has 0 saturated heterocycles. The minimum absolute atomic E-state index is 0.0587. The predicted molar refractivity (Wildman–Crippen MR) is 90.6 cm³/mol. The smallest absolute Gasteiger partial charge is 0.228 e. The van der Waals surface area contributed by atoms with Gasteiger partial charge in [0.15, 0.2) is 0 Å². The number of furan rings is 1. The molecule has 2 aromatic rings. The van der Waals surface area contributed by atoms with E-state index in [0.717, 1.165) is 11.3 Å². The predicted octanol–water partition coefficient (Wildman–Crippen LogP) is 2.12. The molecule has 126 valence electrons. The molecule has 0 unspecified atom stereocenters. The summed E-state index contributed by atoms with van der Waals surface area (Å²) in [6.45, 7) is 0.416. The number of likely N-dealkylation sites (N-methyl/N-ethyl adjacent to an activating group) is 1. The van der Waals surface area contributed by atoms with Gasteiger partial charge in [-0.05, 0) is 37.9 Å². The second kappa shape index (κ2) is 6.88. The second-order valence-corrected chi connectivity index (χ2v) is 6.13. The fraction of sp³-hybridized carbons (Fsp3) is 0.333. The highest BCUT2D eigenvalue weighted by atomic mass is 16.3. The number of fused-ring (bicyclic) bond motifs is 1. The maximum Gasteiger partial charge on any atom is 0.228 e. The van der Waals surface area contributed by atoms with Crippen molar-refractivity contribution < 1.29 is 14.0 Å². The van der Waals surface area contributed by atoms with Crippen LogP contribution in [0, 0.1) is 0 Å². The van der Waals surface area contributed by atoms with E-state index in [1.165, 1.54) is 0 Å². The van der Waals surface area contributed by atoms with Crippen molar-refractivity contribution >= 4 is 17.5 Å². The third-order valence-electron chi connectivity index (χ3n) is 4.28. The third-order valence-corrected chi connectivity index (χ3v) is 4.28. The van der Waals surface area contributed by atoms with E-state index >= 15 is 0 Å². The molecule has 1 aromatic heterocycles. The fourth-order valence-electron chi connectivity index (χ4n) is 2.98. The lowest BCUT2D eigenvalue weighted by molar-refractivity contribution is -0.126. The Balaban J connectivity index is 1.72. The Morgan fingerprint density at radius 2 is 2.12 bits per heavy atom. The highest BCUT2D eigenvalue weighted by Gasteiger charge is 2.31. The topological polar surface area (TPSA) is 74.6 Å². The van der Waals surface area contributed by atoms with Crippen LogP contribution in [0.2, 0.25) is 0 Å². The molecule has 6 heteroatoms. The zero-order chi connectivity index (χ0) is 17.1. The average Bonchev–Trinajstić information content (AvgIpc) is 3.07. The largest absolute Gasteiger partial charge is 0.468 e. The van der Waals surface area contributed by atoms with E-state index in [2.05, 4.69) is 10.6 Å². The Labute approximate surface area is 140 Å². The van der Waals surface area contributed by atoms with Crippen molar-refractivity contribution in [3.05, 3.63) is 54.0 Å². The molecule has 0 bridgehead atoms. The van der Waals surface area contributed by atoms with Crippen molar-refractivity contribution in [1.82, 2.24) is 10.2 Å². The van der Waals surface area contributed by atoms with Crippen LogP contribution >= 0.6 is 0 Å². The number of amides is 2. The van der Waals surface area contributed by atoms with E-state index in [0.29, 0.717) is 12.2 Å². The molecular weight excluding hydrogens is 306 g/mol. The van der Waals surface area contributed by atoms with Gasteiger partial charge in [-0.1, -0.05) is 18.2 Å². The molecule has 6 nitrogen and oxygen atoms in total. The molecule has 0 fully saturated rings. The first kappa shape index (κ1) is 16.3. The number of hydrogen-bond acceptors (Lipinski definition) is 4. The number of carbonyl (C=O) groups excluding carboxylic acids is 2. The van der Waals surface area contributed by atoms with Gasteiger partial charge in [-0.3, -0.25) is 14.5 Å². The fourth-order valence-corrected chi connectivity index (χ4v) is 2.98. The Morgan fingerprint density at radius 1 is 1.33 bits per heavy atom. The average molecular weight is 327 g/mol. The Kier molecular flexibility index (Phi) is 4.66. The molecule has 1 aliphatic heterocycles. The van der Waals surface area contributed by atoms with Crippen molar-refractivity contribution in [2.45, 2.75) is 18.4 Å². The molecule has 0 saturated carbocycles. The Bertz CT molecular complexity index is 725. The minimum Gasteiger partial charge on any atom is -0.468 e. The maximum absolute atomic E-state index is 12.7. The van der Waals surface area contributed by atoms with Gasteiger partial charge in [0.05, 0.1) is 18.2 Å². The maximum atomic E-state index is 12.7. The molecule has 2 amide bonds. The van der Waals surface area contributed by atoms with Gasteiger partial charge < -0.3 is 15.1 Å². The third kappa shape index (κ3) is 3.33. The van der Waals surface area contributed by atoms with Gasteiger partial charge in [-0.2, -0.15) is 0 Å². The van der Waals surface area contributed by atoms with Crippen LogP contribution in [-0.2, 0) is 9.59 Å². The lowest BCUT2D eigenvalue weighted by atomic mass is 9.90. The molecule has 1 aromatic carbocycles. The summed E-state index contributed by atoms with van der Waals surface area (Å²) < 4.78 is 5.45. The Morgan fingerprint density at radius 3 is 2.83 bits per heavy atom. The van der Waals surface area contributed by atoms with Crippen LogP contribution in [0.4, 0.5) is 5.69 Å². The molecule has 2 atom stereocenters. The number of nitrogens with one attached hydrogen (secondary N) is 2. The summed E-state index contributed by atoms with van der Waals surface area (Å²) in [6.07, 6.45) is 1.78. The quantitative estimate of drug-likeness (QED) is 0.882. The summed E-state index contributed by atoms with van der Waals surface area (Å²) in [7, 11) is 3.87. The van der Waals surface area contributed by atoms with Crippen LogP contribution in [0.5, 0.6) is 0 Å². The molecule has 24 heavy (non-hydrogen) atoms. The van der Waals surface area contributed by atoms with Gasteiger partial charge in [0, 0.05) is 18.7 Å². The molecule has 0 radical (unpaired) electrons. The highest BCUT2D eigenvalue weighted by molar-refractivity contribution is 6.01. The van der Waals surface area contributed by atoms with Gasteiger partial charge in [0.2, 0.25) is 11.8 Å². The van der Waals surface area contributed by atoms with Crippen molar-refractivity contribution in [3.63, 3.8) is 0 Å². The lowest BCUT2D eigenvalue weighted by Gasteiger charge is -2.27. The number of anilines is 1. The van der Waals surface area contributed by atoms with Gasteiger partial charge in [0.25, 0.3) is 0 Å². The van der Waals surface area contributed by atoms with Crippen LogP contribution in [0.25, 0.3) is 0 Å². The number of para-hydroxylation sites is 1. The van der Waals surface area contributed by atoms with Crippen LogP contribution in [0.3, 0.4) is 0 Å². The standard InChI is InChI=1S/C18H21N3O3/c1-21(2)15(16-8-5-9-24-16)11-19-18(23)13-10-17(22)20-14-7-4-3-6-12(13)14/h3-9,13,15H,10-11H2,1-2H3,(H,19,23)(H,20,22)/t13-,15-/m0/s1. The van der Waals surface area contributed by atoms with E-state index in [-0.39, 0.29) is 24.3 Å². The van der Waals surface area contributed by atoms with Gasteiger partial charge in [-0.25, -0.2) is 0 Å².